The first-order valence-electron chi connectivity index (χ1n) is 6.53. The fraction of sp³-hybridized carbons (Fsp3) is 0.615. The Hall–Kier alpha value is -1.20. The summed E-state index contributed by atoms with van der Waals surface area (Å²) in [7, 11) is 0. The smallest absolute Gasteiger partial charge is 0.257 e. The van der Waals surface area contributed by atoms with Crippen LogP contribution in [0.3, 0.4) is 0 Å². The molecule has 1 aromatic heterocycles. The Labute approximate surface area is 116 Å². The van der Waals surface area contributed by atoms with Crippen molar-refractivity contribution in [2.24, 2.45) is 5.41 Å². The van der Waals surface area contributed by atoms with E-state index in [0.29, 0.717) is 5.56 Å². The van der Waals surface area contributed by atoms with E-state index in [-0.39, 0.29) is 16.6 Å². The molecule has 2 aliphatic heterocycles. The van der Waals surface area contributed by atoms with Gasteiger partial charge in [0.05, 0.1) is 5.56 Å². The molecule has 0 atom stereocenters. The molecular weight excluding hydrogens is 266 g/mol. The number of halogens is 1. The number of rotatable bonds is 1. The van der Waals surface area contributed by atoms with E-state index in [1.807, 2.05) is 4.90 Å². The molecule has 1 amide bonds. The lowest BCUT2D eigenvalue weighted by atomic mass is 9.80. The molecule has 2 fully saturated rings. The molecule has 0 aliphatic carbocycles. The minimum absolute atomic E-state index is 0.0000310. The molecule has 0 bridgehead atoms. The third kappa shape index (κ3) is 2.58. The highest BCUT2D eigenvalue weighted by Crippen LogP contribution is 2.39. The van der Waals surface area contributed by atoms with E-state index < -0.39 is 0 Å². The van der Waals surface area contributed by atoms with Gasteiger partial charge in [0, 0.05) is 38.7 Å². The maximum absolute atomic E-state index is 12.4. The van der Waals surface area contributed by atoms with Gasteiger partial charge in [0.15, 0.2) is 0 Å². The van der Waals surface area contributed by atoms with E-state index in [1.165, 1.54) is 12.4 Å². The highest BCUT2D eigenvalue weighted by Gasteiger charge is 2.41. The van der Waals surface area contributed by atoms with Crippen molar-refractivity contribution in [3.05, 3.63) is 23.2 Å². The predicted molar refractivity (Wildman–Crippen MR) is 70.0 cm³/mol. The Morgan fingerprint density at radius 3 is 2.63 bits per heavy atom. The maximum Gasteiger partial charge on any atom is 0.257 e. The van der Waals surface area contributed by atoms with E-state index in [0.717, 1.165) is 45.6 Å². The third-order valence-electron chi connectivity index (χ3n) is 4.15. The predicted octanol–water partition coefficient (Wildman–Crippen LogP) is 1.77. The number of carbonyl (C=O) groups is 1. The number of hydrogen-bond donors (Lipinski definition) is 0. The van der Waals surface area contributed by atoms with Crippen molar-refractivity contribution in [3.63, 3.8) is 0 Å². The molecule has 5 nitrogen and oxygen atoms in total. The van der Waals surface area contributed by atoms with Crippen LogP contribution in [0, 0.1) is 5.41 Å². The number of hydrogen-bond acceptors (Lipinski definition) is 4. The summed E-state index contributed by atoms with van der Waals surface area (Å²) in [5.74, 6) is 0.0000310. The minimum Gasteiger partial charge on any atom is -0.381 e. The zero-order valence-corrected chi connectivity index (χ0v) is 11.4. The monoisotopic (exact) mass is 281 g/mol. The van der Waals surface area contributed by atoms with Crippen LogP contribution in [-0.2, 0) is 4.74 Å². The molecule has 1 aromatic rings. The first-order valence-corrected chi connectivity index (χ1v) is 6.91. The fourth-order valence-corrected chi connectivity index (χ4v) is 3.02. The SMILES string of the molecule is O=C(c1cnc(Cl)nc1)N1CCC2(CCOCC2)C1. The zero-order valence-electron chi connectivity index (χ0n) is 10.6. The number of carbonyl (C=O) groups excluding carboxylic acids is 1. The standard InChI is InChI=1S/C13H16ClN3O2/c14-12-15-7-10(8-16-12)11(18)17-4-1-13(9-17)2-5-19-6-3-13/h7-8H,1-6,9H2. The van der Waals surface area contributed by atoms with Crippen LogP contribution in [0.5, 0.6) is 0 Å². The summed E-state index contributed by atoms with van der Waals surface area (Å²) in [5, 5.41) is 0.166. The first kappa shape index (κ1) is 12.8. The van der Waals surface area contributed by atoms with Crippen LogP contribution < -0.4 is 0 Å². The van der Waals surface area contributed by atoms with E-state index >= 15 is 0 Å². The number of aromatic nitrogens is 2. The molecule has 0 unspecified atom stereocenters. The molecule has 2 aliphatic rings. The Morgan fingerprint density at radius 1 is 1.26 bits per heavy atom. The molecule has 102 valence electrons. The Balaban J connectivity index is 1.70. The summed E-state index contributed by atoms with van der Waals surface area (Å²) in [6.45, 7) is 3.25. The fourth-order valence-electron chi connectivity index (χ4n) is 2.93. The molecule has 19 heavy (non-hydrogen) atoms. The van der Waals surface area contributed by atoms with E-state index in [2.05, 4.69) is 9.97 Å². The Bertz CT molecular complexity index is 471. The van der Waals surface area contributed by atoms with Crippen molar-refractivity contribution in [2.45, 2.75) is 19.3 Å². The van der Waals surface area contributed by atoms with Crippen molar-refractivity contribution in [2.75, 3.05) is 26.3 Å². The molecule has 0 radical (unpaired) electrons. The molecule has 0 N–H and O–H groups in total. The van der Waals surface area contributed by atoms with Crippen molar-refractivity contribution < 1.29 is 9.53 Å². The number of amides is 1. The summed E-state index contributed by atoms with van der Waals surface area (Å²) in [6.07, 6.45) is 6.15. The molecule has 0 aromatic carbocycles. The van der Waals surface area contributed by atoms with Gasteiger partial charge in [0.1, 0.15) is 0 Å². The van der Waals surface area contributed by atoms with Crippen LogP contribution in [0.1, 0.15) is 29.6 Å². The van der Waals surface area contributed by atoms with Crippen molar-refractivity contribution in [1.29, 1.82) is 0 Å². The summed E-state index contributed by atoms with van der Waals surface area (Å²) >= 11 is 5.63. The topological polar surface area (TPSA) is 55.3 Å². The van der Waals surface area contributed by atoms with Gasteiger partial charge in [-0.05, 0) is 36.3 Å². The van der Waals surface area contributed by atoms with E-state index in [4.69, 9.17) is 16.3 Å². The Kier molecular flexibility index (Phi) is 3.41. The normalized spacial score (nSPS) is 21.8. The molecule has 0 saturated carbocycles. The second-order valence-corrected chi connectivity index (χ2v) is 5.67. The van der Waals surface area contributed by atoms with Gasteiger partial charge in [-0.1, -0.05) is 0 Å². The Morgan fingerprint density at radius 2 is 1.95 bits per heavy atom. The lowest BCUT2D eigenvalue weighted by molar-refractivity contribution is 0.0191. The van der Waals surface area contributed by atoms with Crippen molar-refractivity contribution >= 4 is 17.5 Å². The van der Waals surface area contributed by atoms with Crippen molar-refractivity contribution in [1.82, 2.24) is 14.9 Å². The summed E-state index contributed by atoms with van der Waals surface area (Å²) < 4.78 is 5.41. The molecular formula is C13H16ClN3O2. The third-order valence-corrected chi connectivity index (χ3v) is 4.34. The van der Waals surface area contributed by atoms with Gasteiger partial charge >= 0.3 is 0 Å². The minimum atomic E-state index is 0.0000310. The molecule has 3 rings (SSSR count). The van der Waals surface area contributed by atoms with Gasteiger partial charge in [0.2, 0.25) is 5.28 Å². The van der Waals surface area contributed by atoms with Crippen LogP contribution in [0.2, 0.25) is 5.28 Å². The summed E-state index contributed by atoms with van der Waals surface area (Å²) in [4.78, 5) is 22.0. The van der Waals surface area contributed by atoms with Crippen LogP contribution in [0.4, 0.5) is 0 Å². The van der Waals surface area contributed by atoms with Crippen LogP contribution in [-0.4, -0.2) is 47.1 Å². The maximum atomic E-state index is 12.4. The van der Waals surface area contributed by atoms with Gasteiger partial charge in [-0.15, -0.1) is 0 Å². The molecule has 3 heterocycles. The number of likely N-dealkylation sites (tertiary alicyclic amines) is 1. The molecule has 2 saturated heterocycles. The van der Waals surface area contributed by atoms with Crippen LogP contribution in [0.15, 0.2) is 12.4 Å². The second kappa shape index (κ2) is 5.06. The van der Waals surface area contributed by atoms with E-state index in [9.17, 15) is 4.79 Å². The second-order valence-electron chi connectivity index (χ2n) is 5.33. The van der Waals surface area contributed by atoms with Gasteiger partial charge in [-0.25, -0.2) is 9.97 Å². The van der Waals surface area contributed by atoms with Crippen molar-refractivity contribution in [3.8, 4) is 0 Å². The highest BCUT2D eigenvalue weighted by molar-refractivity contribution is 6.28. The van der Waals surface area contributed by atoms with E-state index in [1.54, 1.807) is 0 Å². The first-order chi connectivity index (χ1) is 9.19. The quantitative estimate of drug-likeness (QED) is 0.736. The summed E-state index contributed by atoms with van der Waals surface area (Å²) in [6, 6.07) is 0. The average molecular weight is 282 g/mol. The lowest BCUT2D eigenvalue weighted by Gasteiger charge is -2.33. The largest absolute Gasteiger partial charge is 0.381 e. The highest BCUT2D eigenvalue weighted by atomic mass is 35.5. The number of ether oxygens (including phenoxy) is 1. The van der Waals surface area contributed by atoms with Gasteiger partial charge in [-0.2, -0.15) is 0 Å². The average Bonchev–Trinajstić information content (AvgIpc) is 2.83. The molecule has 1 spiro atoms. The van der Waals surface area contributed by atoms with Crippen LogP contribution in [0.25, 0.3) is 0 Å². The van der Waals surface area contributed by atoms with Gasteiger partial charge in [0.25, 0.3) is 5.91 Å². The zero-order chi connectivity index (χ0) is 13.3. The van der Waals surface area contributed by atoms with Gasteiger partial charge in [-0.3, -0.25) is 4.79 Å². The van der Waals surface area contributed by atoms with Gasteiger partial charge < -0.3 is 9.64 Å². The van der Waals surface area contributed by atoms with Crippen LogP contribution >= 0.6 is 11.6 Å². The lowest BCUT2D eigenvalue weighted by Crippen LogP contribution is -2.35. The number of nitrogens with zero attached hydrogens (tertiary/aromatic N) is 3. The summed E-state index contributed by atoms with van der Waals surface area (Å²) in [5.41, 5.74) is 0.773. The molecule has 6 heteroatoms.